The third-order valence-corrected chi connectivity index (χ3v) is 3.27. The van der Waals surface area contributed by atoms with Crippen molar-refractivity contribution in [3.8, 4) is 0 Å². The van der Waals surface area contributed by atoms with Crippen LogP contribution in [0.1, 0.15) is 32.4 Å². The van der Waals surface area contributed by atoms with Crippen LogP contribution < -0.4 is 10.6 Å². The Morgan fingerprint density at radius 2 is 2.16 bits per heavy atom. The SMILES string of the molecule is CCC(CC)N(CCOC)c1cccnc1C(=N)N. The van der Waals surface area contributed by atoms with Crippen LogP contribution in [0.25, 0.3) is 0 Å². The summed E-state index contributed by atoms with van der Waals surface area (Å²) in [6.45, 7) is 5.74. The maximum Gasteiger partial charge on any atom is 0.143 e. The van der Waals surface area contributed by atoms with Gasteiger partial charge in [-0.05, 0) is 25.0 Å². The highest BCUT2D eigenvalue weighted by molar-refractivity contribution is 5.98. The number of nitrogens with one attached hydrogen (secondary N) is 1. The Morgan fingerprint density at radius 1 is 1.47 bits per heavy atom. The fourth-order valence-electron chi connectivity index (χ4n) is 2.25. The van der Waals surface area contributed by atoms with Crippen LogP contribution >= 0.6 is 0 Å². The van der Waals surface area contributed by atoms with Crippen LogP contribution in [0.5, 0.6) is 0 Å². The molecule has 0 spiro atoms. The van der Waals surface area contributed by atoms with Crippen LogP contribution in [-0.4, -0.2) is 37.1 Å². The minimum Gasteiger partial charge on any atom is -0.383 e. The number of aromatic nitrogens is 1. The van der Waals surface area contributed by atoms with Gasteiger partial charge in [0, 0.05) is 25.9 Å². The Bertz CT molecular complexity index is 404. The molecule has 0 aliphatic heterocycles. The van der Waals surface area contributed by atoms with Gasteiger partial charge in [-0.1, -0.05) is 13.8 Å². The van der Waals surface area contributed by atoms with Crippen LogP contribution in [0.2, 0.25) is 0 Å². The van der Waals surface area contributed by atoms with Crippen molar-refractivity contribution in [2.24, 2.45) is 5.73 Å². The summed E-state index contributed by atoms with van der Waals surface area (Å²) in [7, 11) is 1.69. The van der Waals surface area contributed by atoms with Crippen molar-refractivity contribution in [3.63, 3.8) is 0 Å². The number of hydrogen-bond acceptors (Lipinski definition) is 4. The lowest BCUT2D eigenvalue weighted by Gasteiger charge is -2.33. The third-order valence-electron chi connectivity index (χ3n) is 3.27. The molecule has 1 heterocycles. The van der Waals surface area contributed by atoms with Gasteiger partial charge in [-0.15, -0.1) is 0 Å². The predicted octanol–water partition coefficient (Wildman–Crippen LogP) is 2.01. The molecule has 0 aromatic carbocycles. The van der Waals surface area contributed by atoms with E-state index in [2.05, 4.69) is 23.7 Å². The lowest BCUT2D eigenvalue weighted by molar-refractivity contribution is 0.202. The van der Waals surface area contributed by atoms with Crippen LogP contribution in [0.4, 0.5) is 5.69 Å². The summed E-state index contributed by atoms with van der Waals surface area (Å²) in [5, 5.41) is 7.66. The highest BCUT2D eigenvalue weighted by Gasteiger charge is 2.19. The fraction of sp³-hybridized carbons (Fsp3) is 0.571. The van der Waals surface area contributed by atoms with Crippen LogP contribution in [-0.2, 0) is 4.74 Å². The van der Waals surface area contributed by atoms with Crippen molar-refractivity contribution in [2.75, 3.05) is 25.2 Å². The van der Waals surface area contributed by atoms with Gasteiger partial charge in [-0.25, -0.2) is 0 Å². The summed E-state index contributed by atoms with van der Waals surface area (Å²) < 4.78 is 5.19. The van der Waals surface area contributed by atoms with Crippen molar-refractivity contribution in [1.29, 1.82) is 5.41 Å². The number of ether oxygens (including phenoxy) is 1. The summed E-state index contributed by atoms with van der Waals surface area (Å²) in [6.07, 6.45) is 3.74. The van der Waals surface area contributed by atoms with Crippen molar-refractivity contribution in [2.45, 2.75) is 32.7 Å². The predicted molar refractivity (Wildman–Crippen MR) is 78.8 cm³/mol. The number of nitrogens with two attached hydrogens (primary N) is 1. The lowest BCUT2D eigenvalue weighted by Crippen LogP contribution is -2.38. The monoisotopic (exact) mass is 264 g/mol. The van der Waals surface area contributed by atoms with Crippen LogP contribution in [0, 0.1) is 5.41 Å². The molecular formula is C14H24N4O. The average Bonchev–Trinajstić information content (AvgIpc) is 2.43. The van der Waals surface area contributed by atoms with E-state index in [0.717, 1.165) is 25.1 Å². The highest BCUT2D eigenvalue weighted by Crippen LogP contribution is 2.23. The molecule has 0 aliphatic carbocycles. The first kappa shape index (κ1) is 15.4. The Hall–Kier alpha value is -1.62. The number of amidine groups is 1. The van der Waals surface area contributed by atoms with Crippen molar-refractivity contribution in [3.05, 3.63) is 24.0 Å². The number of nitrogen functional groups attached to an aromatic ring is 1. The Balaban J connectivity index is 3.12. The molecule has 0 aliphatic rings. The first-order chi connectivity index (χ1) is 9.15. The van der Waals surface area contributed by atoms with Gasteiger partial charge in [0.25, 0.3) is 0 Å². The summed E-state index contributed by atoms with van der Waals surface area (Å²) in [5.74, 6) is 0.00368. The van der Waals surface area contributed by atoms with E-state index in [4.69, 9.17) is 15.9 Å². The second kappa shape index (κ2) is 7.74. The minimum atomic E-state index is 0.00368. The van der Waals surface area contributed by atoms with E-state index in [1.165, 1.54) is 0 Å². The van der Waals surface area contributed by atoms with Crippen molar-refractivity contribution >= 4 is 11.5 Å². The number of nitrogens with zero attached hydrogens (tertiary/aromatic N) is 2. The van der Waals surface area contributed by atoms with Gasteiger partial charge in [0.1, 0.15) is 11.5 Å². The molecule has 3 N–H and O–H groups in total. The summed E-state index contributed by atoms with van der Waals surface area (Å²) >= 11 is 0. The Kier molecular flexibility index (Phi) is 6.29. The third kappa shape index (κ3) is 3.92. The summed E-state index contributed by atoms with van der Waals surface area (Å²) in [5.41, 5.74) is 7.09. The van der Waals surface area contributed by atoms with E-state index < -0.39 is 0 Å². The zero-order valence-corrected chi connectivity index (χ0v) is 12.0. The number of pyridine rings is 1. The molecule has 0 radical (unpaired) electrons. The highest BCUT2D eigenvalue weighted by atomic mass is 16.5. The lowest BCUT2D eigenvalue weighted by atomic mass is 10.1. The molecule has 1 rings (SSSR count). The molecular weight excluding hydrogens is 240 g/mol. The molecule has 0 unspecified atom stereocenters. The molecule has 0 amide bonds. The number of methoxy groups -OCH3 is 1. The van der Waals surface area contributed by atoms with Gasteiger partial charge in [0.2, 0.25) is 0 Å². The average molecular weight is 264 g/mol. The van der Waals surface area contributed by atoms with Crippen LogP contribution in [0.3, 0.4) is 0 Å². The molecule has 5 nitrogen and oxygen atoms in total. The zero-order valence-electron chi connectivity index (χ0n) is 12.0. The van der Waals surface area contributed by atoms with Gasteiger partial charge < -0.3 is 15.4 Å². The molecule has 1 aromatic rings. The van der Waals surface area contributed by atoms with Gasteiger partial charge in [0.05, 0.1) is 12.3 Å². The number of anilines is 1. The van der Waals surface area contributed by atoms with Gasteiger partial charge in [-0.2, -0.15) is 0 Å². The maximum atomic E-state index is 7.66. The molecule has 0 saturated carbocycles. The fourth-order valence-corrected chi connectivity index (χ4v) is 2.25. The van der Waals surface area contributed by atoms with Crippen molar-refractivity contribution in [1.82, 2.24) is 4.98 Å². The maximum absolute atomic E-state index is 7.66. The molecule has 5 heteroatoms. The van der Waals surface area contributed by atoms with Gasteiger partial charge in [-0.3, -0.25) is 10.4 Å². The Labute approximate surface area is 115 Å². The van der Waals surface area contributed by atoms with E-state index in [1.807, 2.05) is 12.1 Å². The molecule has 106 valence electrons. The van der Waals surface area contributed by atoms with Crippen molar-refractivity contribution < 1.29 is 4.74 Å². The second-order valence-corrected chi connectivity index (χ2v) is 4.44. The van der Waals surface area contributed by atoms with Gasteiger partial charge in [0.15, 0.2) is 0 Å². The summed E-state index contributed by atoms with van der Waals surface area (Å²) in [4.78, 5) is 6.47. The molecule has 0 bridgehead atoms. The normalized spacial score (nSPS) is 10.7. The first-order valence-corrected chi connectivity index (χ1v) is 6.70. The van der Waals surface area contributed by atoms with Crippen LogP contribution in [0.15, 0.2) is 18.3 Å². The molecule has 0 saturated heterocycles. The largest absolute Gasteiger partial charge is 0.383 e. The van der Waals surface area contributed by atoms with E-state index in [-0.39, 0.29) is 5.84 Å². The molecule has 0 atom stereocenters. The van der Waals surface area contributed by atoms with E-state index >= 15 is 0 Å². The molecule has 1 aromatic heterocycles. The van der Waals surface area contributed by atoms with Gasteiger partial charge >= 0.3 is 0 Å². The zero-order chi connectivity index (χ0) is 14.3. The minimum absolute atomic E-state index is 0.00368. The summed E-state index contributed by atoms with van der Waals surface area (Å²) in [6, 6.07) is 4.25. The van der Waals surface area contributed by atoms with E-state index in [1.54, 1.807) is 13.3 Å². The number of hydrogen-bond donors (Lipinski definition) is 2. The quantitative estimate of drug-likeness (QED) is 0.556. The Morgan fingerprint density at radius 3 is 2.68 bits per heavy atom. The first-order valence-electron chi connectivity index (χ1n) is 6.70. The topological polar surface area (TPSA) is 75.2 Å². The second-order valence-electron chi connectivity index (χ2n) is 4.44. The standard InChI is InChI=1S/C14H24N4O/c1-4-11(5-2)18(9-10-19-3)12-7-6-8-17-13(12)14(15)16/h6-8,11H,4-5,9-10H2,1-3H3,(H3,15,16). The number of rotatable bonds is 8. The molecule has 0 fully saturated rings. The smallest absolute Gasteiger partial charge is 0.143 e. The molecule has 19 heavy (non-hydrogen) atoms. The van der Waals surface area contributed by atoms with E-state index in [0.29, 0.717) is 18.3 Å². The van der Waals surface area contributed by atoms with E-state index in [9.17, 15) is 0 Å².